The zero-order valence-electron chi connectivity index (χ0n) is 7.93. The van der Waals surface area contributed by atoms with E-state index >= 15 is 0 Å². The van der Waals surface area contributed by atoms with Crippen molar-refractivity contribution in [1.29, 1.82) is 0 Å². The summed E-state index contributed by atoms with van der Waals surface area (Å²) in [5, 5.41) is 11.4. The quantitative estimate of drug-likeness (QED) is 0.553. The Balaban J connectivity index is 3.79. The number of halogens is 3. The zero-order chi connectivity index (χ0) is 12.8. The van der Waals surface area contributed by atoms with Gasteiger partial charge in [0.1, 0.15) is 19.5 Å². The summed E-state index contributed by atoms with van der Waals surface area (Å²) in [5.41, 5.74) is 0. The minimum atomic E-state index is -4.55. The van der Waals surface area contributed by atoms with Crippen molar-refractivity contribution < 1.29 is 32.7 Å². The lowest BCUT2D eigenvalue weighted by molar-refractivity contribution is -0.142. The number of aliphatic carboxylic acids is 1. The second kappa shape index (κ2) is 5.93. The first-order valence-corrected chi connectivity index (χ1v) is 4.02. The predicted molar refractivity (Wildman–Crippen MR) is 44.3 cm³/mol. The molecule has 0 aromatic carbocycles. The summed E-state index contributed by atoms with van der Waals surface area (Å²) in [7, 11) is 0. The number of hydrogen-bond acceptors (Lipinski definition) is 3. The van der Waals surface area contributed by atoms with Gasteiger partial charge in [-0.05, 0) is 0 Å². The van der Waals surface area contributed by atoms with Crippen molar-refractivity contribution >= 4 is 17.8 Å². The molecule has 0 fully saturated rings. The molecule has 0 atom stereocenters. The third-order valence-corrected chi connectivity index (χ3v) is 1.24. The third kappa shape index (κ3) is 8.78. The monoisotopic (exact) mass is 242 g/mol. The SMILES string of the molecule is O=C(O)CNC(=O)CC(=O)NCC(F)(F)F. The van der Waals surface area contributed by atoms with Crippen LogP contribution >= 0.6 is 0 Å². The van der Waals surface area contributed by atoms with Gasteiger partial charge in [-0.2, -0.15) is 13.2 Å². The Morgan fingerprint density at radius 3 is 2.00 bits per heavy atom. The number of carbonyl (C=O) groups is 3. The van der Waals surface area contributed by atoms with Crippen LogP contribution < -0.4 is 10.6 Å². The molecule has 0 rings (SSSR count). The van der Waals surface area contributed by atoms with Gasteiger partial charge < -0.3 is 15.7 Å². The molecule has 6 nitrogen and oxygen atoms in total. The highest BCUT2D eigenvalue weighted by Crippen LogP contribution is 2.11. The van der Waals surface area contributed by atoms with E-state index in [1.54, 1.807) is 0 Å². The molecule has 0 radical (unpaired) electrons. The van der Waals surface area contributed by atoms with Crippen molar-refractivity contribution in [3.8, 4) is 0 Å². The Bertz CT molecular complexity index is 290. The minimum Gasteiger partial charge on any atom is -0.480 e. The Labute approximate surface area is 87.8 Å². The summed E-state index contributed by atoms with van der Waals surface area (Å²) in [6.07, 6.45) is -5.39. The molecule has 0 aromatic rings. The number of amides is 2. The summed E-state index contributed by atoms with van der Waals surface area (Å²) in [4.78, 5) is 31.5. The number of rotatable bonds is 5. The molecule has 0 unspecified atom stereocenters. The summed E-state index contributed by atoms with van der Waals surface area (Å²) in [5.74, 6) is -3.40. The lowest BCUT2D eigenvalue weighted by Gasteiger charge is -2.07. The number of nitrogens with one attached hydrogen (secondary N) is 2. The number of hydrogen-bond donors (Lipinski definition) is 3. The van der Waals surface area contributed by atoms with Crippen LogP contribution in [0.5, 0.6) is 0 Å². The van der Waals surface area contributed by atoms with Crippen LogP contribution in [-0.4, -0.2) is 42.2 Å². The molecule has 9 heteroatoms. The van der Waals surface area contributed by atoms with Gasteiger partial charge in [-0.25, -0.2) is 0 Å². The summed E-state index contributed by atoms with van der Waals surface area (Å²) in [6.45, 7) is -2.22. The number of carboxylic acid groups (broad SMARTS) is 1. The van der Waals surface area contributed by atoms with E-state index in [1.807, 2.05) is 5.32 Å². The molecule has 0 aliphatic heterocycles. The molecule has 0 aliphatic carbocycles. The molecule has 3 N–H and O–H groups in total. The molecule has 0 spiro atoms. The average molecular weight is 242 g/mol. The smallest absolute Gasteiger partial charge is 0.405 e. The van der Waals surface area contributed by atoms with Crippen molar-refractivity contribution in [1.82, 2.24) is 10.6 Å². The fraction of sp³-hybridized carbons (Fsp3) is 0.571. The highest BCUT2D eigenvalue weighted by Gasteiger charge is 2.27. The summed E-state index contributed by atoms with van der Waals surface area (Å²) in [6, 6.07) is 0. The molecule has 0 heterocycles. The van der Waals surface area contributed by atoms with Gasteiger partial charge in [-0.15, -0.1) is 0 Å². The third-order valence-electron chi connectivity index (χ3n) is 1.24. The number of carboxylic acids is 1. The van der Waals surface area contributed by atoms with Gasteiger partial charge in [-0.1, -0.05) is 0 Å². The molecule has 0 aliphatic rings. The van der Waals surface area contributed by atoms with Gasteiger partial charge in [0.05, 0.1) is 0 Å². The topological polar surface area (TPSA) is 95.5 Å². The molecule has 92 valence electrons. The maximum Gasteiger partial charge on any atom is 0.405 e. The number of alkyl halides is 3. The molecule has 2 amide bonds. The Morgan fingerprint density at radius 2 is 1.56 bits per heavy atom. The minimum absolute atomic E-state index is 0.689. The standard InChI is InChI=1S/C7H9F3N2O4/c8-7(9,10)3-12-5(14)1-4(13)11-2-6(15)16/h1-3H2,(H,11,13)(H,12,14)(H,15,16). The largest absolute Gasteiger partial charge is 0.480 e. The van der Waals surface area contributed by atoms with E-state index in [0.29, 0.717) is 0 Å². The first-order chi connectivity index (χ1) is 7.20. The normalized spacial score (nSPS) is 10.7. The Morgan fingerprint density at radius 1 is 1.06 bits per heavy atom. The first-order valence-electron chi connectivity index (χ1n) is 4.02. The van der Waals surface area contributed by atoms with Crippen LogP contribution in [0.1, 0.15) is 6.42 Å². The van der Waals surface area contributed by atoms with Crippen molar-refractivity contribution in [2.45, 2.75) is 12.6 Å². The van der Waals surface area contributed by atoms with Crippen LogP contribution in [0.2, 0.25) is 0 Å². The molecular formula is C7H9F3N2O4. The van der Waals surface area contributed by atoms with Gasteiger partial charge in [-0.3, -0.25) is 14.4 Å². The summed E-state index contributed by atoms with van der Waals surface area (Å²) >= 11 is 0. The van der Waals surface area contributed by atoms with E-state index in [1.165, 1.54) is 5.32 Å². The van der Waals surface area contributed by atoms with Crippen LogP contribution in [0.4, 0.5) is 13.2 Å². The summed E-state index contributed by atoms with van der Waals surface area (Å²) < 4.78 is 34.8. The van der Waals surface area contributed by atoms with E-state index in [2.05, 4.69) is 0 Å². The second-order valence-corrected chi connectivity index (χ2v) is 2.74. The Hall–Kier alpha value is -1.80. The van der Waals surface area contributed by atoms with Gasteiger partial charge in [0.2, 0.25) is 11.8 Å². The van der Waals surface area contributed by atoms with E-state index in [4.69, 9.17) is 5.11 Å². The van der Waals surface area contributed by atoms with E-state index in [-0.39, 0.29) is 0 Å². The van der Waals surface area contributed by atoms with Crippen molar-refractivity contribution in [3.63, 3.8) is 0 Å². The van der Waals surface area contributed by atoms with E-state index in [9.17, 15) is 27.6 Å². The lowest BCUT2D eigenvalue weighted by Crippen LogP contribution is -2.38. The first kappa shape index (κ1) is 14.2. The highest BCUT2D eigenvalue weighted by atomic mass is 19.4. The fourth-order valence-electron chi connectivity index (χ4n) is 0.644. The maximum atomic E-state index is 11.6. The van der Waals surface area contributed by atoms with Crippen LogP contribution in [-0.2, 0) is 14.4 Å². The average Bonchev–Trinajstić information content (AvgIpc) is 2.10. The molecule has 0 aromatic heterocycles. The van der Waals surface area contributed by atoms with Crippen LogP contribution in [0.15, 0.2) is 0 Å². The maximum absolute atomic E-state index is 11.6. The van der Waals surface area contributed by atoms with Crippen molar-refractivity contribution in [2.24, 2.45) is 0 Å². The zero-order valence-corrected chi connectivity index (χ0v) is 7.93. The van der Waals surface area contributed by atoms with Crippen molar-refractivity contribution in [2.75, 3.05) is 13.1 Å². The molecular weight excluding hydrogens is 233 g/mol. The fourth-order valence-corrected chi connectivity index (χ4v) is 0.644. The van der Waals surface area contributed by atoms with Crippen LogP contribution in [0, 0.1) is 0 Å². The highest BCUT2D eigenvalue weighted by molar-refractivity contribution is 5.97. The van der Waals surface area contributed by atoms with Gasteiger partial charge >= 0.3 is 12.1 Å². The molecule has 16 heavy (non-hydrogen) atoms. The van der Waals surface area contributed by atoms with Gasteiger partial charge in [0, 0.05) is 0 Å². The molecule has 0 saturated heterocycles. The number of carbonyl (C=O) groups excluding carboxylic acids is 2. The van der Waals surface area contributed by atoms with E-state index < -0.39 is 43.5 Å². The Kier molecular flexibility index (Phi) is 5.26. The molecule has 0 bridgehead atoms. The predicted octanol–water partition coefficient (Wildman–Crippen LogP) is -0.744. The second-order valence-electron chi connectivity index (χ2n) is 2.74. The lowest BCUT2D eigenvalue weighted by atomic mass is 10.3. The van der Waals surface area contributed by atoms with Gasteiger partial charge in [0.25, 0.3) is 0 Å². The molecule has 0 saturated carbocycles. The van der Waals surface area contributed by atoms with Crippen molar-refractivity contribution in [3.05, 3.63) is 0 Å². The van der Waals surface area contributed by atoms with Crippen LogP contribution in [0.25, 0.3) is 0 Å². The van der Waals surface area contributed by atoms with E-state index in [0.717, 1.165) is 0 Å². The van der Waals surface area contributed by atoms with Crippen LogP contribution in [0.3, 0.4) is 0 Å². The van der Waals surface area contributed by atoms with Gasteiger partial charge in [0.15, 0.2) is 0 Å².